The molecule has 0 atom stereocenters. The largest absolute Gasteiger partial charge is 0.430 e. The molecule has 3 aromatic rings. The van der Waals surface area contributed by atoms with Gasteiger partial charge in [-0.1, -0.05) is 48.9 Å². The summed E-state index contributed by atoms with van der Waals surface area (Å²) in [5, 5.41) is 0.528. The van der Waals surface area contributed by atoms with Gasteiger partial charge < -0.3 is 14.5 Å². The lowest BCUT2D eigenvalue weighted by molar-refractivity contribution is -0.132. The number of rotatable bonds is 7. The van der Waals surface area contributed by atoms with Crippen molar-refractivity contribution in [2.45, 2.75) is 26.7 Å². The van der Waals surface area contributed by atoms with Gasteiger partial charge in [-0.2, -0.15) is 9.36 Å². The summed E-state index contributed by atoms with van der Waals surface area (Å²) < 4.78 is 10.3. The summed E-state index contributed by atoms with van der Waals surface area (Å²) in [7, 11) is 0. The summed E-state index contributed by atoms with van der Waals surface area (Å²) in [6, 6.07) is 16.1. The highest BCUT2D eigenvalue weighted by atomic mass is 32.1. The molecule has 1 amide bonds. The fourth-order valence-electron chi connectivity index (χ4n) is 3.62. The molecule has 4 rings (SSSR count). The van der Waals surface area contributed by atoms with Crippen LogP contribution in [-0.4, -0.2) is 57.8 Å². The third-order valence-corrected chi connectivity index (χ3v) is 6.22. The van der Waals surface area contributed by atoms with E-state index in [0.717, 1.165) is 44.1 Å². The number of amides is 1. The first kappa shape index (κ1) is 21.5. The van der Waals surface area contributed by atoms with Crippen LogP contribution in [0.25, 0.3) is 0 Å². The molecule has 0 radical (unpaired) electrons. The summed E-state index contributed by atoms with van der Waals surface area (Å²) in [5.74, 6) is 1.65. The molecule has 7 heteroatoms. The molecule has 6 nitrogen and oxygen atoms in total. The molecule has 1 aliphatic rings. The van der Waals surface area contributed by atoms with Gasteiger partial charge in [0.05, 0.1) is 6.42 Å². The molecule has 2 heterocycles. The van der Waals surface area contributed by atoms with Crippen molar-refractivity contribution in [2.75, 3.05) is 32.7 Å². The highest BCUT2D eigenvalue weighted by molar-refractivity contribution is 7.07. The van der Waals surface area contributed by atoms with Crippen LogP contribution in [0.3, 0.4) is 0 Å². The molecule has 0 N–H and O–H groups in total. The molecular weight excluding hydrogens is 408 g/mol. The normalized spacial score (nSPS) is 14.6. The number of aryl methyl sites for hydroxylation is 1. The Morgan fingerprint density at radius 3 is 2.35 bits per heavy atom. The quantitative estimate of drug-likeness (QED) is 0.562. The van der Waals surface area contributed by atoms with Crippen molar-refractivity contribution >= 4 is 17.4 Å². The van der Waals surface area contributed by atoms with E-state index >= 15 is 0 Å². The number of carbonyl (C=O) groups is 1. The average molecular weight is 437 g/mol. The third kappa shape index (κ3) is 5.89. The van der Waals surface area contributed by atoms with E-state index in [1.165, 1.54) is 22.7 Å². The van der Waals surface area contributed by atoms with Gasteiger partial charge in [0.25, 0.3) is 5.19 Å². The van der Waals surface area contributed by atoms with E-state index in [0.29, 0.717) is 23.8 Å². The maximum Gasteiger partial charge on any atom is 0.298 e. The van der Waals surface area contributed by atoms with E-state index in [4.69, 9.17) is 4.74 Å². The molecule has 2 aromatic carbocycles. The Kier molecular flexibility index (Phi) is 6.94. The maximum absolute atomic E-state index is 12.6. The van der Waals surface area contributed by atoms with Gasteiger partial charge in [-0.3, -0.25) is 4.79 Å². The van der Waals surface area contributed by atoms with Crippen LogP contribution >= 0.6 is 11.5 Å². The van der Waals surface area contributed by atoms with E-state index in [1.54, 1.807) is 0 Å². The van der Waals surface area contributed by atoms with Gasteiger partial charge in [0.15, 0.2) is 5.82 Å². The molecular formula is C24H28N4O2S. The molecule has 1 aliphatic heterocycles. The Morgan fingerprint density at radius 1 is 1.00 bits per heavy atom. The Hall–Kier alpha value is -2.77. The third-order valence-electron chi connectivity index (χ3n) is 5.59. The predicted molar refractivity (Wildman–Crippen MR) is 123 cm³/mol. The molecule has 0 saturated carbocycles. The number of piperazine rings is 1. The van der Waals surface area contributed by atoms with E-state index in [1.807, 2.05) is 29.2 Å². The Bertz CT molecular complexity index is 993. The van der Waals surface area contributed by atoms with Crippen molar-refractivity contribution in [3.8, 4) is 10.9 Å². The predicted octanol–water partition coefficient (Wildman–Crippen LogP) is 3.94. The number of hydrogen-bond acceptors (Lipinski definition) is 6. The molecule has 1 aromatic heterocycles. The average Bonchev–Trinajstić information content (AvgIpc) is 3.23. The van der Waals surface area contributed by atoms with Crippen LogP contribution in [0.1, 0.15) is 29.4 Å². The lowest BCUT2D eigenvalue weighted by Crippen LogP contribution is -2.48. The molecule has 0 bridgehead atoms. The lowest BCUT2D eigenvalue weighted by Gasteiger charge is -2.34. The van der Waals surface area contributed by atoms with Crippen molar-refractivity contribution in [1.82, 2.24) is 19.2 Å². The smallest absolute Gasteiger partial charge is 0.298 e. The topological polar surface area (TPSA) is 58.6 Å². The lowest BCUT2D eigenvalue weighted by atomic mass is 10.1. The van der Waals surface area contributed by atoms with Gasteiger partial charge in [-0.15, -0.1) is 0 Å². The second-order valence-electron chi connectivity index (χ2n) is 7.88. The molecule has 0 aliphatic carbocycles. The zero-order valence-electron chi connectivity index (χ0n) is 18.1. The van der Waals surface area contributed by atoms with Gasteiger partial charge in [0.2, 0.25) is 5.91 Å². The molecule has 162 valence electrons. The number of aromatic nitrogens is 2. The Balaban J connectivity index is 1.29. The van der Waals surface area contributed by atoms with Crippen molar-refractivity contribution in [1.29, 1.82) is 0 Å². The van der Waals surface area contributed by atoms with Crippen LogP contribution in [0.5, 0.6) is 10.9 Å². The Labute approximate surface area is 187 Å². The minimum absolute atomic E-state index is 0.189. The zero-order chi connectivity index (χ0) is 21.6. The monoisotopic (exact) mass is 436 g/mol. The molecule has 1 saturated heterocycles. The van der Waals surface area contributed by atoms with Gasteiger partial charge in [0.1, 0.15) is 5.75 Å². The van der Waals surface area contributed by atoms with Crippen molar-refractivity contribution in [3.63, 3.8) is 0 Å². The standard InChI is InChI=1S/C24H28N4O2S/c1-3-27-12-14-28(15-13-27)23(29)17-20-8-10-21(11-9-20)30-24-25-22(26-31-24)16-19-6-4-18(2)5-7-19/h4-11H,3,12-17H2,1-2H3. The first-order chi connectivity index (χ1) is 15.1. The number of nitrogens with zero attached hydrogens (tertiary/aromatic N) is 4. The van der Waals surface area contributed by atoms with Gasteiger partial charge in [0, 0.05) is 44.1 Å². The van der Waals surface area contributed by atoms with E-state index in [2.05, 4.69) is 52.4 Å². The van der Waals surface area contributed by atoms with Gasteiger partial charge in [-0.05, 0) is 36.7 Å². The van der Waals surface area contributed by atoms with Crippen LogP contribution < -0.4 is 4.74 Å². The number of hydrogen-bond donors (Lipinski definition) is 0. The minimum atomic E-state index is 0.189. The molecule has 0 unspecified atom stereocenters. The van der Waals surface area contributed by atoms with E-state index < -0.39 is 0 Å². The number of likely N-dealkylation sites (N-methyl/N-ethyl adjacent to an activating group) is 1. The summed E-state index contributed by atoms with van der Waals surface area (Å²) in [6.07, 6.45) is 1.11. The van der Waals surface area contributed by atoms with E-state index in [-0.39, 0.29) is 5.91 Å². The van der Waals surface area contributed by atoms with Crippen LogP contribution in [0.4, 0.5) is 0 Å². The first-order valence-corrected chi connectivity index (χ1v) is 11.5. The molecule has 31 heavy (non-hydrogen) atoms. The highest BCUT2D eigenvalue weighted by Crippen LogP contribution is 2.24. The van der Waals surface area contributed by atoms with E-state index in [9.17, 15) is 4.79 Å². The number of ether oxygens (including phenoxy) is 1. The van der Waals surface area contributed by atoms with Gasteiger partial charge in [-0.25, -0.2) is 0 Å². The second kappa shape index (κ2) is 10.0. The van der Waals surface area contributed by atoms with Crippen LogP contribution in [-0.2, 0) is 17.6 Å². The number of benzene rings is 2. The van der Waals surface area contributed by atoms with Crippen LogP contribution in [0.15, 0.2) is 48.5 Å². The maximum atomic E-state index is 12.6. The van der Waals surface area contributed by atoms with Crippen molar-refractivity contribution < 1.29 is 9.53 Å². The number of carbonyl (C=O) groups excluding carboxylic acids is 1. The van der Waals surface area contributed by atoms with Crippen molar-refractivity contribution in [3.05, 3.63) is 71.0 Å². The fourth-order valence-corrected chi connectivity index (χ4v) is 4.18. The van der Waals surface area contributed by atoms with Crippen LogP contribution in [0, 0.1) is 6.92 Å². The minimum Gasteiger partial charge on any atom is -0.430 e. The molecule has 0 spiro atoms. The summed E-state index contributed by atoms with van der Waals surface area (Å²) in [4.78, 5) is 21.4. The second-order valence-corrected chi connectivity index (χ2v) is 8.59. The fraction of sp³-hybridized carbons (Fsp3) is 0.375. The molecule has 1 fully saturated rings. The first-order valence-electron chi connectivity index (χ1n) is 10.7. The summed E-state index contributed by atoms with van der Waals surface area (Å²) in [6.45, 7) is 8.84. The Morgan fingerprint density at radius 2 is 1.68 bits per heavy atom. The summed E-state index contributed by atoms with van der Waals surface area (Å²) in [5.41, 5.74) is 3.41. The van der Waals surface area contributed by atoms with Crippen molar-refractivity contribution in [2.24, 2.45) is 0 Å². The van der Waals surface area contributed by atoms with Gasteiger partial charge >= 0.3 is 0 Å². The van der Waals surface area contributed by atoms with Crippen LogP contribution in [0.2, 0.25) is 0 Å². The summed E-state index contributed by atoms with van der Waals surface area (Å²) >= 11 is 1.25. The highest BCUT2D eigenvalue weighted by Gasteiger charge is 2.20. The zero-order valence-corrected chi connectivity index (χ0v) is 18.9. The SMILES string of the molecule is CCN1CCN(C(=O)Cc2ccc(Oc3nc(Cc4ccc(C)cc4)ns3)cc2)CC1.